The first-order valence-electron chi connectivity index (χ1n) is 10.8. The van der Waals surface area contributed by atoms with E-state index in [4.69, 9.17) is 21.0 Å². The van der Waals surface area contributed by atoms with Crippen molar-refractivity contribution < 1.29 is 9.21 Å². The Hall–Kier alpha value is -4.04. The monoisotopic (exact) mass is 469 g/mol. The largest absolute Gasteiger partial charge is 0.472 e. The van der Waals surface area contributed by atoms with Crippen LogP contribution in [0.4, 0.5) is 5.82 Å². The highest BCUT2D eigenvalue weighted by atomic mass is 35.5. The third kappa shape index (κ3) is 4.53. The van der Waals surface area contributed by atoms with E-state index in [9.17, 15) is 4.79 Å². The van der Waals surface area contributed by atoms with Crippen molar-refractivity contribution in [2.24, 2.45) is 0 Å². The number of nitrogens with one attached hydrogen (secondary N) is 2. The topological polar surface area (TPSA) is 84.5 Å². The molecule has 9 heteroatoms. The minimum Gasteiger partial charge on any atom is -0.472 e. The van der Waals surface area contributed by atoms with Crippen molar-refractivity contribution in [3.05, 3.63) is 101 Å². The molecule has 2 N–H and O–H groups in total. The van der Waals surface area contributed by atoms with E-state index < -0.39 is 0 Å². The van der Waals surface area contributed by atoms with Crippen molar-refractivity contribution in [3.8, 4) is 11.3 Å². The van der Waals surface area contributed by atoms with E-state index in [0.29, 0.717) is 23.7 Å². The number of furan rings is 1. The van der Waals surface area contributed by atoms with Gasteiger partial charge in [0.1, 0.15) is 19.9 Å². The Balaban J connectivity index is 1.31. The van der Waals surface area contributed by atoms with Gasteiger partial charge in [0.2, 0.25) is 0 Å². The van der Waals surface area contributed by atoms with Crippen LogP contribution in [0.2, 0.25) is 5.02 Å². The van der Waals surface area contributed by atoms with Gasteiger partial charge < -0.3 is 15.1 Å². The van der Waals surface area contributed by atoms with Crippen LogP contribution in [0, 0.1) is 0 Å². The summed E-state index contributed by atoms with van der Waals surface area (Å²) in [6.07, 6.45) is 4.71. The molecule has 168 valence electrons. The predicted octanol–water partition coefficient (Wildman–Crippen LogP) is 3.44. The molecule has 3 aromatic heterocycles. The van der Waals surface area contributed by atoms with Crippen molar-refractivity contribution in [2.45, 2.75) is 13.1 Å². The van der Waals surface area contributed by atoms with Crippen LogP contribution in [-0.2, 0) is 13.1 Å². The summed E-state index contributed by atoms with van der Waals surface area (Å²) in [5, 5.41) is 11.5. The molecular weight excluding hydrogens is 449 g/mol. The van der Waals surface area contributed by atoms with Gasteiger partial charge in [-0.25, -0.2) is 4.98 Å². The number of carbonyl (C=O) groups is 1. The fraction of sp³-hybridized carbons (Fsp3) is 0.0800. The van der Waals surface area contributed by atoms with Gasteiger partial charge in [-0.05, 0) is 28.7 Å². The summed E-state index contributed by atoms with van der Waals surface area (Å²) in [7, 11) is 1.99. The number of rotatable bonds is 7. The first kappa shape index (κ1) is 21.8. The van der Waals surface area contributed by atoms with Gasteiger partial charge in [-0.3, -0.25) is 4.79 Å². The van der Waals surface area contributed by atoms with Crippen LogP contribution in [0.5, 0.6) is 0 Å². The van der Waals surface area contributed by atoms with Crippen LogP contribution in [-0.4, -0.2) is 28.4 Å². The average Bonchev–Trinajstić information content (AvgIpc) is 3.53. The molecule has 7 nitrogen and oxygen atoms in total. The molecule has 0 radical (unpaired) electrons. The van der Waals surface area contributed by atoms with Crippen LogP contribution in [0.1, 0.15) is 21.5 Å². The maximum absolute atomic E-state index is 12.1. The number of benzene rings is 2. The smallest absolute Gasteiger partial charge is 0.254 e. The molecule has 5 aromatic rings. The fourth-order valence-corrected chi connectivity index (χ4v) is 3.88. The average molecular weight is 470 g/mol. The number of nitrogens with zero attached hydrogens (tertiary/aromatic N) is 3. The summed E-state index contributed by atoms with van der Waals surface area (Å²) in [5.41, 5.74) is 6.04. The van der Waals surface area contributed by atoms with Crippen molar-refractivity contribution in [1.82, 2.24) is 19.9 Å². The molecule has 2 aromatic carbocycles. The number of halogens is 1. The Morgan fingerprint density at radius 2 is 1.82 bits per heavy atom. The highest BCUT2D eigenvalue weighted by Crippen LogP contribution is 2.28. The summed E-state index contributed by atoms with van der Waals surface area (Å²) < 4.78 is 6.75. The molecule has 0 aliphatic rings. The molecule has 0 saturated heterocycles. The molecule has 5 rings (SSSR count). The summed E-state index contributed by atoms with van der Waals surface area (Å²) in [6, 6.07) is 19.3. The first-order chi connectivity index (χ1) is 16.6. The number of amides is 1. The highest BCUT2D eigenvalue weighted by Gasteiger charge is 2.12. The molecule has 0 bridgehead atoms. The SMILES string of the molecule is Bc1cnn2c(NCc3ccc(CNC(=O)c4ccoc4)cc3)cc(-c3ccccc3Cl)nc12. The first-order valence-corrected chi connectivity index (χ1v) is 11.2. The second-order valence-corrected chi connectivity index (χ2v) is 8.34. The van der Waals surface area contributed by atoms with Crippen molar-refractivity contribution >= 4 is 42.3 Å². The molecule has 0 spiro atoms. The zero-order chi connectivity index (χ0) is 23.5. The Labute approximate surface area is 202 Å². The lowest BCUT2D eigenvalue weighted by molar-refractivity contribution is 0.0950. The molecule has 3 heterocycles. The van der Waals surface area contributed by atoms with E-state index in [0.717, 1.165) is 39.3 Å². The summed E-state index contributed by atoms with van der Waals surface area (Å²) >= 11 is 6.42. The van der Waals surface area contributed by atoms with Gasteiger partial charge in [0.15, 0.2) is 5.65 Å². The fourth-order valence-electron chi connectivity index (χ4n) is 3.65. The Morgan fingerprint density at radius 3 is 2.56 bits per heavy atom. The maximum atomic E-state index is 12.1. The number of hydrogen-bond acceptors (Lipinski definition) is 5. The molecular formula is C25H21BClN5O2. The van der Waals surface area contributed by atoms with E-state index in [2.05, 4.69) is 15.7 Å². The van der Waals surface area contributed by atoms with E-state index in [1.807, 2.05) is 62.4 Å². The number of anilines is 1. The van der Waals surface area contributed by atoms with E-state index in [1.165, 1.54) is 12.5 Å². The van der Waals surface area contributed by atoms with Gasteiger partial charge >= 0.3 is 0 Å². The third-order valence-corrected chi connectivity index (χ3v) is 5.86. The number of aromatic nitrogens is 3. The predicted molar refractivity (Wildman–Crippen MR) is 135 cm³/mol. The number of carbonyl (C=O) groups excluding carboxylic acids is 1. The normalized spacial score (nSPS) is 11.0. The summed E-state index contributed by atoms with van der Waals surface area (Å²) in [5.74, 6) is 0.662. The van der Waals surface area contributed by atoms with Gasteiger partial charge in [-0.1, -0.05) is 54.1 Å². The van der Waals surface area contributed by atoms with Crippen LogP contribution in [0.25, 0.3) is 16.9 Å². The zero-order valence-corrected chi connectivity index (χ0v) is 19.2. The Morgan fingerprint density at radius 1 is 1.06 bits per heavy atom. The number of hydrogen-bond donors (Lipinski definition) is 2. The standard InChI is InChI=1S/C25H21BClN5O2/c26-20-14-30-32-23(11-22(31-24(20)32)19-3-1-2-4-21(19)27)28-12-16-5-7-17(8-6-16)13-29-25(33)18-9-10-34-15-18/h1-11,14-15,28H,12-13,26H2,(H,29,33). The van der Waals surface area contributed by atoms with Gasteiger partial charge in [-0.15, -0.1) is 0 Å². The van der Waals surface area contributed by atoms with Crippen molar-refractivity contribution in [1.29, 1.82) is 0 Å². The van der Waals surface area contributed by atoms with Crippen LogP contribution < -0.4 is 16.1 Å². The lowest BCUT2D eigenvalue weighted by Gasteiger charge is -2.12. The summed E-state index contributed by atoms with van der Waals surface area (Å²) in [4.78, 5) is 16.8. The van der Waals surface area contributed by atoms with Crippen molar-refractivity contribution in [3.63, 3.8) is 0 Å². The number of fused-ring (bicyclic) bond motifs is 1. The van der Waals surface area contributed by atoms with Crippen LogP contribution in [0.15, 0.2) is 83.8 Å². The highest BCUT2D eigenvalue weighted by molar-refractivity contribution is 6.36. The second-order valence-electron chi connectivity index (χ2n) is 7.93. The van der Waals surface area contributed by atoms with Gasteiger partial charge in [-0.2, -0.15) is 9.61 Å². The molecule has 0 atom stereocenters. The van der Waals surface area contributed by atoms with Gasteiger partial charge in [0.05, 0.1) is 17.5 Å². The van der Waals surface area contributed by atoms with E-state index in [-0.39, 0.29) is 5.91 Å². The lowest BCUT2D eigenvalue weighted by atomic mass is 10.0. The molecule has 34 heavy (non-hydrogen) atoms. The molecule has 0 fully saturated rings. The van der Waals surface area contributed by atoms with E-state index in [1.54, 1.807) is 16.8 Å². The van der Waals surface area contributed by atoms with Gasteiger partial charge in [0.25, 0.3) is 5.91 Å². The zero-order valence-electron chi connectivity index (χ0n) is 18.5. The van der Waals surface area contributed by atoms with Crippen molar-refractivity contribution in [2.75, 3.05) is 5.32 Å². The molecule has 0 aliphatic carbocycles. The lowest BCUT2D eigenvalue weighted by Crippen LogP contribution is -2.22. The third-order valence-electron chi connectivity index (χ3n) is 5.53. The minimum atomic E-state index is -0.162. The summed E-state index contributed by atoms with van der Waals surface area (Å²) in [6.45, 7) is 1.04. The van der Waals surface area contributed by atoms with Crippen LogP contribution >= 0.6 is 11.6 Å². The van der Waals surface area contributed by atoms with Gasteiger partial charge in [0, 0.05) is 35.9 Å². The molecule has 0 aliphatic heterocycles. The maximum Gasteiger partial charge on any atom is 0.254 e. The van der Waals surface area contributed by atoms with Crippen LogP contribution in [0.3, 0.4) is 0 Å². The molecule has 1 amide bonds. The second kappa shape index (κ2) is 9.45. The minimum absolute atomic E-state index is 0.162. The molecule has 0 saturated carbocycles. The van der Waals surface area contributed by atoms with E-state index >= 15 is 0 Å². The quantitative estimate of drug-likeness (QED) is 0.357. The Bertz CT molecular complexity index is 1450. The molecule has 0 unspecified atom stereocenters. The Kier molecular flexibility index (Phi) is 6.06.